The molecule has 3 rings (SSSR count). The summed E-state index contributed by atoms with van der Waals surface area (Å²) in [5.74, 6) is -0.159. The number of thioether (sulfide) groups is 1. The summed E-state index contributed by atoms with van der Waals surface area (Å²) in [7, 11) is 0. The van der Waals surface area contributed by atoms with E-state index in [9.17, 15) is 4.79 Å². The van der Waals surface area contributed by atoms with Crippen molar-refractivity contribution in [2.45, 2.75) is 5.16 Å². The Morgan fingerprint density at radius 1 is 1.46 bits per heavy atom. The van der Waals surface area contributed by atoms with E-state index in [2.05, 4.69) is 25.4 Å². The number of carbonyl (C=O) groups excluding carboxylic acids is 1. The van der Waals surface area contributed by atoms with Crippen LogP contribution in [0.3, 0.4) is 0 Å². The molecule has 0 aliphatic rings. The van der Waals surface area contributed by atoms with E-state index in [0.29, 0.717) is 21.6 Å². The minimum absolute atomic E-state index is 0.0502. The lowest BCUT2D eigenvalue weighted by Gasteiger charge is -2.11. The molecule has 26 heavy (non-hydrogen) atoms. The first-order valence-corrected chi connectivity index (χ1v) is 8.53. The number of nitrogens with one attached hydrogen (secondary N) is 1. The molecule has 0 fully saturated rings. The highest BCUT2D eigenvalue weighted by atomic mass is 35.5. The largest absolute Gasteiger partial charge is 0.382 e. The number of hydrogen-bond donors (Lipinski definition) is 2. The Hall–Kier alpha value is -3.16. The van der Waals surface area contributed by atoms with E-state index < -0.39 is 0 Å². The number of nitrogens with zero attached hydrogens (tertiary/aromatic N) is 6. The fourth-order valence-electron chi connectivity index (χ4n) is 1.99. The Morgan fingerprint density at radius 3 is 3.00 bits per heavy atom. The molecule has 0 atom stereocenters. The zero-order chi connectivity index (χ0) is 18.5. The van der Waals surface area contributed by atoms with Crippen LogP contribution in [0.5, 0.6) is 0 Å². The van der Waals surface area contributed by atoms with Gasteiger partial charge in [0.05, 0.1) is 23.3 Å². The van der Waals surface area contributed by atoms with E-state index in [4.69, 9.17) is 22.6 Å². The van der Waals surface area contributed by atoms with Gasteiger partial charge in [0, 0.05) is 5.02 Å². The zero-order valence-corrected chi connectivity index (χ0v) is 14.7. The molecule has 1 amide bonds. The van der Waals surface area contributed by atoms with E-state index in [1.165, 1.54) is 23.5 Å². The molecule has 2 aromatic heterocycles. The Bertz CT molecular complexity index is 986. The molecule has 130 valence electrons. The first kappa shape index (κ1) is 17.7. The van der Waals surface area contributed by atoms with Crippen LogP contribution in [0, 0.1) is 11.3 Å². The summed E-state index contributed by atoms with van der Waals surface area (Å²) in [6.07, 6.45) is 4.23. The van der Waals surface area contributed by atoms with Crippen LogP contribution in [-0.2, 0) is 4.79 Å². The van der Waals surface area contributed by atoms with E-state index in [-0.39, 0.29) is 23.0 Å². The molecule has 0 spiro atoms. The van der Waals surface area contributed by atoms with Crippen molar-refractivity contribution in [2.75, 3.05) is 16.8 Å². The first-order chi connectivity index (χ1) is 12.6. The monoisotopic (exact) mass is 386 g/mol. The normalized spacial score (nSPS) is 10.3. The standard InChI is InChI=1S/C15H11ClN8OS/c16-10-1-2-12(24-8-19-7-21-24)11(3-10)22-13(25)6-26-15-20-5-9(4-17)14(18)23-15/h1-3,5,7-8H,6H2,(H,22,25)(H2,18,20,23). The molecule has 2 heterocycles. The summed E-state index contributed by atoms with van der Waals surface area (Å²) in [6.45, 7) is 0. The quantitative estimate of drug-likeness (QED) is 0.501. The summed E-state index contributed by atoms with van der Waals surface area (Å²) in [5, 5.41) is 16.4. The number of nitrogens with two attached hydrogens (primary N) is 1. The summed E-state index contributed by atoms with van der Waals surface area (Å²) in [4.78, 5) is 24.1. The van der Waals surface area contributed by atoms with Gasteiger partial charge in [-0.2, -0.15) is 10.4 Å². The maximum absolute atomic E-state index is 12.3. The molecule has 3 N–H and O–H groups in total. The molecule has 0 aliphatic heterocycles. The molecule has 11 heteroatoms. The minimum Gasteiger partial charge on any atom is -0.382 e. The van der Waals surface area contributed by atoms with Gasteiger partial charge in [-0.05, 0) is 18.2 Å². The van der Waals surface area contributed by atoms with E-state index >= 15 is 0 Å². The molecule has 0 bridgehead atoms. The summed E-state index contributed by atoms with van der Waals surface area (Å²) < 4.78 is 1.52. The van der Waals surface area contributed by atoms with Gasteiger partial charge < -0.3 is 11.1 Å². The second-order valence-electron chi connectivity index (χ2n) is 4.90. The number of hydrogen-bond acceptors (Lipinski definition) is 8. The van der Waals surface area contributed by atoms with Crippen LogP contribution in [0.15, 0.2) is 42.2 Å². The average Bonchev–Trinajstić information content (AvgIpc) is 3.14. The number of anilines is 2. The van der Waals surface area contributed by atoms with Crippen molar-refractivity contribution in [3.63, 3.8) is 0 Å². The van der Waals surface area contributed by atoms with Crippen LogP contribution in [0.1, 0.15) is 5.56 Å². The highest BCUT2D eigenvalue weighted by Crippen LogP contribution is 2.24. The van der Waals surface area contributed by atoms with Gasteiger partial charge >= 0.3 is 0 Å². The second-order valence-corrected chi connectivity index (χ2v) is 6.28. The molecule has 1 aromatic carbocycles. The predicted octanol–water partition coefficient (Wildman–Crippen LogP) is 1.90. The van der Waals surface area contributed by atoms with Gasteiger partial charge in [0.25, 0.3) is 0 Å². The van der Waals surface area contributed by atoms with Gasteiger partial charge in [-0.1, -0.05) is 23.4 Å². The molecule has 0 saturated heterocycles. The van der Waals surface area contributed by atoms with Crippen LogP contribution in [-0.4, -0.2) is 36.4 Å². The van der Waals surface area contributed by atoms with E-state index in [1.54, 1.807) is 18.2 Å². The molecule has 9 nitrogen and oxygen atoms in total. The number of rotatable bonds is 5. The summed E-state index contributed by atoms with van der Waals surface area (Å²) >= 11 is 7.12. The second kappa shape index (κ2) is 7.81. The number of amides is 1. The van der Waals surface area contributed by atoms with E-state index in [1.807, 2.05) is 6.07 Å². The number of carbonyl (C=O) groups is 1. The lowest BCUT2D eigenvalue weighted by atomic mass is 10.2. The first-order valence-electron chi connectivity index (χ1n) is 7.16. The van der Waals surface area contributed by atoms with Crippen molar-refractivity contribution < 1.29 is 4.79 Å². The maximum atomic E-state index is 12.3. The van der Waals surface area contributed by atoms with Gasteiger partial charge in [-0.15, -0.1) is 0 Å². The molecule has 0 saturated carbocycles. The summed E-state index contributed by atoms with van der Waals surface area (Å²) in [5.41, 5.74) is 6.95. The van der Waals surface area contributed by atoms with Crippen molar-refractivity contribution >= 4 is 40.8 Å². The molecular formula is C15H11ClN8OS. The van der Waals surface area contributed by atoms with Crippen LogP contribution in [0.2, 0.25) is 5.02 Å². The predicted molar refractivity (Wildman–Crippen MR) is 96.9 cm³/mol. The third-order valence-corrected chi connectivity index (χ3v) is 4.24. The molecule has 0 radical (unpaired) electrons. The Morgan fingerprint density at radius 2 is 2.31 bits per heavy atom. The van der Waals surface area contributed by atoms with Crippen molar-refractivity contribution in [1.29, 1.82) is 5.26 Å². The Kier molecular flexibility index (Phi) is 5.31. The minimum atomic E-state index is -0.287. The van der Waals surface area contributed by atoms with Gasteiger partial charge in [0.1, 0.15) is 30.1 Å². The van der Waals surface area contributed by atoms with Gasteiger partial charge in [-0.3, -0.25) is 4.79 Å². The van der Waals surface area contributed by atoms with E-state index in [0.717, 1.165) is 11.8 Å². The average molecular weight is 387 g/mol. The van der Waals surface area contributed by atoms with Crippen LogP contribution in [0.4, 0.5) is 11.5 Å². The van der Waals surface area contributed by atoms with Crippen molar-refractivity contribution in [3.8, 4) is 11.8 Å². The highest BCUT2D eigenvalue weighted by molar-refractivity contribution is 7.99. The number of aromatic nitrogens is 5. The SMILES string of the molecule is N#Cc1cnc(SCC(=O)Nc2cc(Cl)ccc2-n2cncn2)nc1N. The number of benzene rings is 1. The molecule has 3 aromatic rings. The maximum Gasteiger partial charge on any atom is 0.234 e. The fraction of sp³-hybridized carbons (Fsp3) is 0.0667. The number of halogens is 1. The van der Waals surface area contributed by atoms with Crippen LogP contribution in [0.25, 0.3) is 5.69 Å². The Labute approximate surface area is 157 Å². The molecular weight excluding hydrogens is 376 g/mol. The lowest BCUT2D eigenvalue weighted by Crippen LogP contribution is -2.16. The highest BCUT2D eigenvalue weighted by Gasteiger charge is 2.12. The third kappa shape index (κ3) is 4.08. The topological polar surface area (TPSA) is 135 Å². The molecule has 0 unspecified atom stereocenters. The fourth-order valence-corrected chi connectivity index (χ4v) is 2.79. The summed E-state index contributed by atoms with van der Waals surface area (Å²) in [6, 6.07) is 6.92. The number of nitrogen functional groups attached to an aromatic ring is 1. The van der Waals surface area contributed by atoms with Crippen molar-refractivity contribution in [3.05, 3.63) is 47.6 Å². The zero-order valence-electron chi connectivity index (χ0n) is 13.1. The van der Waals surface area contributed by atoms with Gasteiger partial charge in [0.2, 0.25) is 5.91 Å². The van der Waals surface area contributed by atoms with Crippen molar-refractivity contribution in [2.24, 2.45) is 0 Å². The van der Waals surface area contributed by atoms with Crippen molar-refractivity contribution in [1.82, 2.24) is 24.7 Å². The Balaban J connectivity index is 1.70. The third-order valence-electron chi connectivity index (χ3n) is 3.15. The molecule has 0 aliphatic carbocycles. The lowest BCUT2D eigenvalue weighted by molar-refractivity contribution is -0.113. The van der Waals surface area contributed by atoms with Crippen LogP contribution >= 0.6 is 23.4 Å². The van der Waals surface area contributed by atoms with Crippen LogP contribution < -0.4 is 11.1 Å². The smallest absolute Gasteiger partial charge is 0.234 e. The van der Waals surface area contributed by atoms with Gasteiger partial charge in [0.15, 0.2) is 5.16 Å². The number of nitriles is 1. The van der Waals surface area contributed by atoms with Gasteiger partial charge in [-0.25, -0.2) is 19.6 Å².